The Bertz CT molecular complexity index is 727. The number of sulfonamides is 1. The first kappa shape index (κ1) is 15.0. The quantitative estimate of drug-likeness (QED) is 0.825. The number of methoxy groups -OCH3 is 2. The number of hydrogen-bond acceptors (Lipinski definition) is 5. The number of anilines is 2. The Morgan fingerprint density at radius 1 is 1.00 bits per heavy atom. The van der Waals surface area contributed by atoms with Crippen LogP contribution in [-0.2, 0) is 10.0 Å². The molecule has 112 valence electrons. The van der Waals surface area contributed by atoms with Crippen LogP contribution >= 0.6 is 0 Å². The minimum Gasteiger partial charge on any atom is -0.497 e. The van der Waals surface area contributed by atoms with Gasteiger partial charge >= 0.3 is 0 Å². The van der Waals surface area contributed by atoms with Crippen molar-refractivity contribution in [3.05, 3.63) is 42.5 Å². The van der Waals surface area contributed by atoms with Gasteiger partial charge in [-0.3, -0.25) is 4.72 Å². The van der Waals surface area contributed by atoms with Crippen molar-refractivity contribution >= 4 is 21.4 Å². The van der Waals surface area contributed by atoms with Gasteiger partial charge in [0.25, 0.3) is 10.0 Å². The zero-order valence-corrected chi connectivity index (χ0v) is 12.5. The molecule has 0 amide bonds. The molecule has 0 unspecified atom stereocenters. The molecule has 0 radical (unpaired) electrons. The fraction of sp³-hybridized carbons (Fsp3) is 0.143. The average molecular weight is 308 g/mol. The van der Waals surface area contributed by atoms with Crippen molar-refractivity contribution in [1.29, 1.82) is 0 Å². The molecule has 7 heteroatoms. The van der Waals surface area contributed by atoms with Gasteiger partial charge in [-0.2, -0.15) is 0 Å². The molecule has 0 aliphatic heterocycles. The van der Waals surface area contributed by atoms with Crippen LogP contribution in [0, 0.1) is 0 Å². The van der Waals surface area contributed by atoms with Crippen LogP contribution in [0.1, 0.15) is 0 Å². The number of nitrogens with two attached hydrogens (primary N) is 1. The molecule has 21 heavy (non-hydrogen) atoms. The van der Waals surface area contributed by atoms with E-state index in [4.69, 9.17) is 15.2 Å². The summed E-state index contributed by atoms with van der Waals surface area (Å²) in [6.45, 7) is 0. The van der Waals surface area contributed by atoms with Crippen molar-refractivity contribution in [3.8, 4) is 11.5 Å². The van der Waals surface area contributed by atoms with E-state index in [0.29, 0.717) is 17.2 Å². The maximum absolute atomic E-state index is 12.3. The Balaban J connectivity index is 2.26. The topological polar surface area (TPSA) is 90.6 Å². The monoisotopic (exact) mass is 308 g/mol. The Morgan fingerprint density at radius 3 is 2.19 bits per heavy atom. The molecule has 0 spiro atoms. The van der Waals surface area contributed by atoms with E-state index in [0.717, 1.165) is 0 Å². The molecule has 0 aliphatic rings. The highest BCUT2D eigenvalue weighted by Gasteiger charge is 2.16. The third kappa shape index (κ3) is 3.38. The summed E-state index contributed by atoms with van der Waals surface area (Å²) in [5.74, 6) is 1.07. The molecule has 0 heterocycles. The van der Waals surface area contributed by atoms with E-state index >= 15 is 0 Å². The maximum atomic E-state index is 12.3. The Labute approximate surface area is 123 Å². The molecule has 0 bridgehead atoms. The van der Waals surface area contributed by atoms with Crippen molar-refractivity contribution in [2.75, 3.05) is 24.7 Å². The van der Waals surface area contributed by atoms with E-state index in [1.165, 1.54) is 25.3 Å². The lowest BCUT2D eigenvalue weighted by molar-refractivity contribution is 0.415. The van der Waals surface area contributed by atoms with E-state index in [9.17, 15) is 8.42 Å². The van der Waals surface area contributed by atoms with Gasteiger partial charge in [0.1, 0.15) is 11.5 Å². The highest BCUT2D eigenvalue weighted by atomic mass is 32.2. The van der Waals surface area contributed by atoms with Crippen LogP contribution < -0.4 is 19.9 Å². The normalized spacial score (nSPS) is 11.0. The van der Waals surface area contributed by atoms with Crippen molar-refractivity contribution < 1.29 is 17.9 Å². The second kappa shape index (κ2) is 5.92. The standard InChI is InChI=1S/C14H16N2O4S/c1-19-11-5-3-10(4-6-11)16-21(17,18)12-7-8-14(20-2)13(15)9-12/h3-9,16H,15H2,1-2H3. The third-order valence-corrected chi connectivity index (χ3v) is 4.23. The second-order valence-electron chi connectivity index (χ2n) is 4.24. The van der Waals surface area contributed by atoms with Crippen LogP contribution in [-0.4, -0.2) is 22.6 Å². The van der Waals surface area contributed by atoms with Crippen LogP contribution in [0.4, 0.5) is 11.4 Å². The highest BCUT2D eigenvalue weighted by molar-refractivity contribution is 7.92. The minimum atomic E-state index is -3.71. The fourth-order valence-electron chi connectivity index (χ4n) is 1.75. The van der Waals surface area contributed by atoms with Gasteiger partial charge in [-0.05, 0) is 42.5 Å². The number of rotatable bonds is 5. The number of hydrogen-bond donors (Lipinski definition) is 2. The zero-order valence-electron chi connectivity index (χ0n) is 11.7. The number of nitrogens with one attached hydrogen (secondary N) is 1. The van der Waals surface area contributed by atoms with Crippen LogP contribution in [0.2, 0.25) is 0 Å². The lowest BCUT2D eigenvalue weighted by Gasteiger charge is -2.10. The van der Waals surface area contributed by atoms with Gasteiger partial charge in [0.2, 0.25) is 0 Å². The molecule has 0 aromatic heterocycles. The van der Waals surface area contributed by atoms with Crippen LogP contribution in [0.25, 0.3) is 0 Å². The summed E-state index contributed by atoms with van der Waals surface area (Å²) in [6, 6.07) is 10.9. The molecule has 2 rings (SSSR count). The fourth-order valence-corrected chi connectivity index (χ4v) is 2.85. The first-order valence-corrected chi connectivity index (χ1v) is 7.55. The van der Waals surface area contributed by atoms with Crippen LogP contribution in [0.5, 0.6) is 11.5 Å². The third-order valence-electron chi connectivity index (χ3n) is 2.85. The molecule has 2 aromatic carbocycles. The van der Waals surface area contributed by atoms with Crippen molar-refractivity contribution in [2.24, 2.45) is 0 Å². The van der Waals surface area contributed by atoms with Crippen LogP contribution in [0.15, 0.2) is 47.4 Å². The largest absolute Gasteiger partial charge is 0.497 e. The first-order chi connectivity index (χ1) is 9.96. The first-order valence-electron chi connectivity index (χ1n) is 6.06. The van der Waals surface area contributed by atoms with Gasteiger partial charge in [0.15, 0.2) is 0 Å². The summed E-state index contributed by atoms with van der Waals surface area (Å²) < 4.78 is 37.0. The van der Waals surface area contributed by atoms with E-state index in [-0.39, 0.29) is 10.6 Å². The Morgan fingerprint density at radius 2 is 1.67 bits per heavy atom. The molecule has 0 fully saturated rings. The molecule has 0 atom stereocenters. The summed E-state index contributed by atoms with van der Waals surface area (Å²) in [7, 11) is -0.698. The molecule has 2 aromatic rings. The number of nitrogen functional groups attached to an aromatic ring is 1. The van der Waals surface area contributed by atoms with E-state index in [2.05, 4.69) is 4.72 Å². The maximum Gasteiger partial charge on any atom is 0.261 e. The summed E-state index contributed by atoms with van der Waals surface area (Å²) in [5, 5.41) is 0. The van der Waals surface area contributed by atoms with E-state index in [1.807, 2.05) is 0 Å². The number of benzene rings is 2. The summed E-state index contributed by atoms with van der Waals surface area (Å²) in [5.41, 5.74) is 6.42. The van der Waals surface area contributed by atoms with Gasteiger partial charge in [-0.25, -0.2) is 8.42 Å². The van der Waals surface area contributed by atoms with Crippen LogP contribution in [0.3, 0.4) is 0 Å². The predicted octanol–water partition coefficient (Wildman–Crippen LogP) is 2.09. The van der Waals surface area contributed by atoms with Gasteiger partial charge < -0.3 is 15.2 Å². The zero-order chi connectivity index (χ0) is 15.5. The lowest BCUT2D eigenvalue weighted by Crippen LogP contribution is -2.13. The molecule has 0 saturated carbocycles. The van der Waals surface area contributed by atoms with Gasteiger partial charge in [0.05, 0.1) is 24.8 Å². The van der Waals surface area contributed by atoms with E-state index < -0.39 is 10.0 Å². The van der Waals surface area contributed by atoms with Crippen molar-refractivity contribution in [1.82, 2.24) is 0 Å². The van der Waals surface area contributed by atoms with Crippen molar-refractivity contribution in [3.63, 3.8) is 0 Å². The van der Waals surface area contributed by atoms with E-state index in [1.54, 1.807) is 31.4 Å². The molecule has 3 N–H and O–H groups in total. The summed E-state index contributed by atoms with van der Waals surface area (Å²) in [6.07, 6.45) is 0. The van der Waals surface area contributed by atoms with Gasteiger partial charge in [-0.1, -0.05) is 0 Å². The molecular formula is C14H16N2O4S. The summed E-state index contributed by atoms with van der Waals surface area (Å²) in [4.78, 5) is 0.0663. The SMILES string of the molecule is COc1ccc(NS(=O)(=O)c2ccc(OC)c(N)c2)cc1. The van der Waals surface area contributed by atoms with Crippen molar-refractivity contribution in [2.45, 2.75) is 4.90 Å². The molecule has 0 saturated heterocycles. The predicted molar refractivity (Wildman–Crippen MR) is 81.2 cm³/mol. The molecule has 0 aliphatic carbocycles. The van der Waals surface area contributed by atoms with Gasteiger partial charge in [-0.15, -0.1) is 0 Å². The average Bonchev–Trinajstić information content (AvgIpc) is 2.47. The summed E-state index contributed by atoms with van der Waals surface area (Å²) >= 11 is 0. The second-order valence-corrected chi connectivity index (χ2v) is 5.92. The lowest BCUT2D eigenvalue weighted by atomic mass is 10.3. The van der Waals surface area contributed by atoms with Gasteiger partial charge in [0, 0.05) is 5.69 Å². The molecular weight excluding hydrogens is 292 g/mol. The minimum absolute atomic E-state index is 0.0663. The molecule has 6 nitrogen and oxygen atoms in total. The number of ether oxygens (including phenoxy) is 2. The smallest absolute Gasteiger partial charge is 0.261 e. The Kier molecular flexibility index (Phi) is 4.23. The highest BCUT2D eigenvalue weighted by Crippen LogP contribution is 2.26. The Hall–Kier alpha value is -2.41.